The third kappa shape index (κ3) is 2.33. The molecule has 2 amide bonds. The van der Waals surface area contributed by atoms with E-state index >= 15 is 0 Å². The predicted octanol–water partition coefficient (Wildman–Crippen LogP) is 4.96. The van der Waals surface area contributed by atoms with Crippen LogP contribution < -0.4 is 0 Å². The Hall–Kier alpha value is -1.11. The summed E-state index contributed by atoms with van der Waals surface area (Å²) in [5, 5.41) is 0.806. The second kappa shape index (κ2) is 5.83. The molecule has 0 bridgehead atoms. The molecular formula is C16H10Cl2INO2. The summed E-state index contributed by atoms with van der Waals surface area (Å²) in [4.78, 5) is 26.3. The van der Waals surface area contributed by atoms with Crippen LogP contribution in [0.1, 0.15) is 39.2 Å². The fraction of sp³-hybridized carbons (Fsp3) is 0.125. The Kier molecular flexibility index (Phi) is 4.18. The van der Waals surface area contributed by atoms with Crippen LogP contribution in [0.5, 0.6) is 0 Å². The Bertz CT molecular complexity index is 772. The van der Waals surface area contributed by atoms with E-state index in [1.807, 2.05) is 6.07 Å². The van der Waals surface area contributed by atoms with Gasteiger partial charge in [-0.3, -0.25) is 14.5 Å². The first-order chi connectivity index (χ1) is 10.4. The Morgan fingerprint density at radius 3 is 2.05 bits per heavy atom. The molecule has 1 heterocycles. The molecule has 1 unspecified atom stereocenters. The molecule has 1 aliphatic heterocycles. The molecule has 0 radical (unpaired) electrons. The topological polar surface area (TPSA) is 37.4 Å². The number of carbonyl (C=O) groups excluding carboxylic acids is 2. The van der Waals surface area contributed by atoms with Gasteiger partial charge >= 0.3 is 0 Å². The maximum absolute atomic E-state index is 12.5. The molecule has 3 nitrogen and oxygen atoms in total. The number of benzene rings is 2. The minimum absolute atomic E-state index is 0.307. The standard InChI is InChI=1S/C16H10Cl2INO2/c1-8(9-6-7-12(19)14(18)13(9)17)20-15(21)10-4-2-3-5-11(10)16(20)22/h2-8H,1H3. The fourth-order valence-electron chi connectivity index (χ4n) is 2.56. The second-order valence-corrected chi connectivity index (χ2v) is 6.88. The lowest BCUT2D eigenvalue weighted by Gasteiger charge is -2.24. The van der Waals surface area contributed by atoms with Crippen molar-refractivity contribution in [2.75, 3.05) is 0 Å². The first-order valence-electron chi connectivity index (χ1n) is 6.53. The van der Waals surface area contributed by atoms with Gasteiger partial charge in [-0.1, -0.05) is 41.4 Å². The fourth-order valence-corrected chi connectivity index (χ4v) is 3.67. The van der Waals surface area contributed by atoms with Crippen LogP contribution in [0, 0.1) is 3.57 Å². The number of amides is 2. The molecule has 1 aliphatic rings. The number of hydrogen-bond donors (Lipinski definition) is 0. The number of rotatable bonds is 2. The molecule has 22 heavy (non-hydrogen) atoms. The highest BCUT2D eigenvalue weighted by atomic mass is 127. The molecular weight excluding hydrogens is 436 g/mol. The van der Waals surface area contributed by atoms with Crippen molar-refractivity contribution in [3.8, 4) is 0 Å². The highest BCUT2D eigenvalue weighted by Gasteiger charge is 2.39. The van der Waals surface area contributed by atoms with Crippen molar-refractivity contribution in [2.24, 2.45) is 0 Å². The minimum Gasteiger partial charge on any atom is -0.269 e. The lowest BCUT2D eigenvalue weighted by Crippen LogP contribution is -2.32. The van der Waals surface area contributed by atoms with Gasteiger partial charge in [-0.05, 0) is 53.3 Å². The van der Waals surface area contributed by atoms with E-state index in [4.69, 9.17) is 23.2 Å². The van der Waals surface area contributed by atoms with Crippen LogP contribution in [-0.2, 0) is 0 Å². The smallest absolute Gasteiger partial charge is 0.262 e. The quantitative estimate of drug-likeness (QED) is 0.372. The first-order valence-corrected chi connectivity index (χ1v) is 8.37. The van der Waals surface area contributed by atoms with Crippen LogP contribution >= 0.6 is 45.8 Å². The van der Waals surface area contributed by atoms with Crippen LogP contribution in [0.15, 0.2) is 36.4 Å². The first kappa shape index (κ1) is 15.8. The largest absolute Gasteiger partial charge is 0.269 e. The minimum atomic E-state index is -0.491. The van der Waals surface area contributed by atoms with Crippen LogP contribution in [0.25, 0.3) is 0 Å². The monoisotopic (exact) mass is 445 g/mol. The zero-order valence-electron chi connectivity index (χ0n) is 11.4. The lowest BCUT2D eigenvalue weighted by molar-refractivity contribution is 0.0595. The number of fused-ring (bicyclic) bond motifs is 1. The van der Waals surface area contributed by atoms with Gasteiger partial charge < -0.3 is 0 Å². The molecule has 3 rings (SSSR count). The van der Waals surface area contributed by atoms with E-state index < -0.39 is 6.04 Å². The van der Waals surface area contributed by atoms with Crippen molar-refractivity contribution in [2.45, 2.75) is 13.0 Å². The van der Waals surface area contributed by atoms with Gasteiger partial charge in [-0.25, -0.2) is 0 Å². The summed E-state index contributed by atoms with van der Waals surface area (Å²) < 4.78 is 0.822. The van der Waals surface area contributed by atoms with Crippen LogP contribution in [0.4, 0.5) is 0 Å². The van der Waals surface area contributed by atoms with Gasteiger partial charge in [-0.2, -0.15) is 0 Å². The van der Waals surface area contributed by atoms with E-state index in [9.17, 15) is 9.59 Å². The maximum Gasteiger partial charge on any atom is 0.262 e. The molecule has 2 aromatic rings. The number of imide groups is 1. The Morgan fingerprint density at radius 1 is 0.955 bits per heavy atom. The summed E-state index contributed by atoms with van der Waals surface area (Å²) >= 11 is 14.5. The van der Waals surface area contributed by atoms with Gasteiger partial charge in [0.1, 0.15) is 0 Å². The zero-order chi connectivity index (χ0) is 16.0. The summed E-state index contributed by atoms with van der Waals surface area (Å²) in [5.74, 6) is -0.613. The van der Waals surface area contributed by atoms with Crippen LogP contribution in [0.2, 0.25) is 10.0 Å². The van der Waals surface area contributed by atoms with Crippen molar-refractivity contribution >= 4 is 57.6 Å². The van der Waals surface area contributed by atoms with E-state index in [-0.39, 0.29) is 11.8 Å². The lowest BCUT2D eigenvalue weighted by atomic mass is 10.1. The summed E-state index contributed by atoms with van der Waals surface area (Å²) in [6, 6.07) is 9.92. The average Bonchev–Trinajstić information content (AvgIpc) is 2.77. The summed E-state index contributed by atoms with van der Waals surface area (Å²) in [6.07, 6.45) is 0. The Morgan fingerprint density at radius 2 is 1.50 bits per heavy atom. The zero-order valence-corrected chi connectivity index (χ0v) is 15.1. The second-order valence-electron chi connectivity index (χ2n) is 4.97. The maximum atomic E-state index is 12.5. The number of hydrogen-bond acceptors (Lipinski definition) is 2. The highest BCUT2D eigenvalue weighted by Crippen LogP contribution is 2.38. The van der Waals surface area contributed by atoms with Gasteiger partial charge in [0, 0.05) is 3.57 Å². The van der Waals surface area contributed by atoms with Gasteiger partial charge in [0.05, 0.1) is 27.2 Å². The number of carbonyl (C=O) groups is 2. The molecule has 6 heteroatoms. The summed E-state index contributed by atoms with van der Waals surface area (Å²) in [5.41, 5.74) is 1.50. The van der Waals surface area contributed by atoms with Gasteiger partial charge in [-0.15, -0.1) is 0 Å². The van der Waals surface area contributed by atoms with Crippen molar-refractivity contribution in [3.63, 3.8) is 0 Å². The average molecular weight is 446 g/mol. The van der Waals surface area contributed by atoms with E-state index in [1.165, 1.54) is 4.90 Å². The highest BCUT2D eigenvalue weighted by molar-refractivity contribution is 14.1. The number of halogens is 3. The van der Waals surface area contributed by atoms with Crippen molar-refractivity contribution < 1.29 is 9.59 Å². The summed E-state index contributed by atoms with van der Waals surface area (Å²) in [6.45, 7) is 1.77. The van der Waals surface area contributed by atoms with Gasteiger partial charge in [0.25, 0.3) is 11.8 Å². The third-order valence-corrected chi connectivity index (χ3v) is 5.84. The molecule has 0 aromatic heterocycles. The van der Waals surface area contributed by atoms with Crippen molar-refractivity contribution in [3.05, 3.63) is 66.7 Å². The number of nitrogens with zero attached hydrogens (tertiary/aromatic N) is 1. The molecule has 0 saturated heterocycles. The molecule has 0 spiro atoms. The van der Waals surface area contributed by atoms with E-state index in [0.717, 1.165) is 3.57 Å². The molecule has 0 aliphatic carbocycles. The SMILES string of the molecule is CC(c1ccc(I)c(Cl)c1Cl)N1C(=O)c2ccccc2C1=O. The molecule has 112 valence electrons. The molecule has 0 saturated carbocycles. The van der Waals surface area contributed by atoms with Crippen LogP contribution in [-0.4, -0.2) is 16.7 Å². The van der Waals surface area contributed by atoms with E-state index in [0.29, 0.717) is 26.7 Å². The normalized spacial score (nSPS) is 15.2. The molecule has 2 aromatic carbocycles. The van der Waals surface area contributed by atoms with Crippen molar-refractivity contribution in [1.29, 1.82) is 0 Å². The van der Waals surface area contributed by atoms with E-state index in [1.54, 1.807) is 37.3 Å². The third-order valence-electron chi connectivity index (χ3n) is 3.73. The molecule has 0 N–H and O–H groups in total. The Balaban J connectivity index is 2.05. The Labute approximate surface area is 151 Å². The molecule has 0 fully saturated rings. The summed E-state index contributed by atoms with van der Waals surface area (Å²) in [7, 11) is 0. The van der Waals surface area contributed by atoms with Crippen molar-refractivity contribution in [1.82, 2.24) is 4.90 Å². The van der Waals surface area contributed by atoms with Gasteiger partial charge in [0.15, 0.2) is 0 Å². The van der Waals surface area contributed by atoms with Gasteiger partial charge in [0.2, 0.25) is 0 Å². The van der Waals surface area contributed by atoms with E-state index in [2.05, 4.69) is 22.6 Å². The predicted molar refractivity (Wildman–Crippen MR) is 94.5 cm³/mol. The van der Waals surface area contributed by atoms with Crippen LogP contribution in [0.3, 0.4) is 0 Å². The molecule has 1 atom stereocenters.